The predicted octanol–water partition coefficient (Wildman–Crippen LogP) is 3.20. The lowest BCUT2D eigenvalue weighted by atomic mass is 10.1. The second-order valence-electron chi connectivity index (χ2n) is 6.51. The Bertz CT molecular complexity index is 1010. The van der Waals surface area contributed by atoms with E-state index in [0.29, 0.717) is 36.0 Å². The minimum atomic E-state index is -0.356. The quantitative estimate of drug-likeness (QED) is 0.751. The summed E-state index contributed by atoms with van der Waals surface area (Å²) < 4.78 is 4.92. The number of hydrogen-bond acceptors (Lipinski definition) is 6. The molecule has 0 atom stereocenters. The lowest BCUT2D eigenvalue weighted by Gasteiger charge is -2.26. The molecule has 0 saturated carbocycles. The van der Waals surface area contributed by atoms with Gasteiger partial charge in [-0.2, -0.15) is 0 Å². The van der Waals surface area contributed by atoms with E-state index in [9.17, 15) is 9.59 Å². The maximum absolute atomic E-state index is 12.7. The first-order valence-corrected chi connectivity index (χ1v) is 9.40. The van der Waals surface area contributed by atoms with Gasteiger partial charge in [0.2, 0.25) is 0 Å². The first-order valence-electron chi connectivity index (χ1n) is 8.59. The molecule has 27 heavy (non-hydrogen) atoms. The van der Waals surface area contributed by atoms with E-state index in [1.807, 2.05) is 36.1 Å². The Balaban J connectivity index is 1.46. The number of amides is 2. The summed E-state index contributed by atoms with van der Waals surface area (Å²) in [6.07, 6.45) is 0.669. The first-order chi connectivity index (χ1) is 13.0. The van der Waals surface area contributed by atoms with Gasteiger partial charge in [-0.25, -0.2) is 4.98 Å². The van der Waals surface area contributed by atoms with Crippen LogP contribution in [0.4, 0.5) is 5.13 Å². The maximum Gasteiger partial charge on any atom is 0.279 e. The number of carbonyl (C=O) groups excluding carboxylic acids is 2. The van der Waals surface area contributed by atoms with Gasteiger partial charge in [0, 0.05) is 29.5 Å². The average molecular weight is 382 g/mol. The molecule has 1 aromatic carbocycles. The van der Waals surface area contributed by atoms with E-state index in [4.69, 9.17) is 4.52 Å². The lowest BCUT2D eigenvalue weighted by Crippen LogP contribution is -2.35. The van der Waals surface area contributed by atoms with Crippen LogP contribution in [0.25, 0.3) is 0 Å². The highest BCUT2D eigenvalue weighted by atomic mass is 32.1. The number of carbonyl (C=O) groups is 2. The van der Waals surface area contributed by atoms with Crippen molar-refractivity contribution >= 4 is 28.3 Å². The fourth-order valence-corrected chi connectivity index (χ4v) is 3.95. The van der Waals surface area contributed by atoms with Gasteiger partial charge in [-0.1, -0.05) is 34.2 Å². The fourth-order valence-electron chi connectivity index (χ4n) is 2.94. The minimum absolute atomic E-state index is 0.0118. The molecule has 0 fully saturated rings. The molecular weight excluding hydrogens is 364 g/mol. The van der Waals surface area contributed by atoms with Crippen molar-refractivity contribution < 1.29 is 14.1 Å². The highest BCUT2D eigenvalue weighted by Gasteiger charge is 2.25. The topological polar surface area (TPSA) is 88.3 Å². The molecule has 0 bridgehead atoms. The van der Waals surface area contributed by atoms with E-state index >= 15 is 0 Å². The Hall–Kier alpha value is -3.00. The third kappa shape index (κ3) is 3.61. The van der Waals surface area contributed by atoms with E-state index < -0.39 is 0 Å². The third-order valence-electron chi connectivity index (χ3n) is 4.40. The molecule has 0 saturated heterocycles. The van der Waals surface area contributed by atoms with E-state index in [1.165, 1.54) is 11.3 Å². The summed E-state index contributed by atoms with van der Waals surface area (Å²) in [6.45, 7) is 4.83. The van der Waals surface area contributed by atoms with Gasteiger partial charge in [0.05, 0.1) is 12.2 Å². The lowest BCUT2D eigenvalue weighted by molar-refractivity contribution is 0.0736. The number of aromatic nitrogens is 2. The number of fused-ring (bicyclic) bond motifs is 1. The second kappa shape index (κ2) is 6.96. The molecule has 4 rings (SSSR count). The number of nitrogens with zero attached hydrogens (tertiary/aromatic N) is 3. The zero-order valence-corrected chi connectivity index (χ0v) is 15.8. The summed E-state index contributed by atoms with van der Waals surface area (Å²) in [5, 5.41) is 6.97. The summed E-state index contributed by atoms with van der Waals surface area (Å²) in [7, 11) is 0. The molecule has 8 heteroatoms. The zero-order chi connectivity index (χ0) is 19.0. The fraction of sp³-hybridized carbons (Fsp3) is 0.263. The SMILES string of the molecule is Cc1ccc(C(=O)N2CCc3nc(NC(=O)c4cc(C)on4)sc3C2)cc1. The maximum atomic E-state index is 12.7. The Labute approximate surface area is 160 Å². The monoisotopic (exact) mass is 382 g/mol. The number of aryl methyl sites for hydroxylation is 2. The van der Waals surface area contributed by atoms with E-state index in [0.717, 1.165) is 16.1 Å². The van der Waals surface area contributed by atoms with Gasteiger partial charge in [0.1, 0.15) is 5.76 Å². The normalized spacial score (nSPS) is 13.3. The first kappa shape index (κ1) is 17.4. The van der Waals surface area contributed by atoms with Crippen molar-refractivity contribution in [1.29, 1.82) is 0 Å². The van der Waals surface area contributed by atoms with E-state index in [2.05, 4.69) is 15.5 Å². The van der Waals surface area contributed by atoms with Gasteiger partial charge in [-0.15, -0.1) is 0 Å². The van der Waals surface area contributed by atoms with Gasteiger partial charge in [0.15, 0.2) is 10.8 Å². The molecule has 3 aromatic rings. The van der Waals surface area contributed by atoms with Crippen LogP contribution >= 0.6 is 11.3 Å². The largest absolute Gasteiger partial charge is 0.361 e. The molecular formula is C19H18N4O3S. The van der Waals surface area contributed by atoms with Crippen molar-refractivity contribution in [2.75, 3.05) is 11.9 Å². The summed E-state index contributed by atoms with van der Waals surface area (Å²) in [4.78, 5) is 32.2. The summed E-state index contributed by atoms with van der Waals surface area (Å²) in [6, 6.07) is 9.16. The third-order valence-corrected chi connectivity index (χ3v) is 5.40. The highest BCUT2D eigenvalue weighted by molar-refractivity contribution is 7.15. The van der Waals surface area contributed by atoms with Gasteiger partial charge in [-0.3, -0.25) is 14.9 Å². The molecule has 7 nitrogen and oxygen atoms in total. The molecule has 2 aromatic heterocycles. The van der Waals surface area contributed by atoms with Crippen molar-refractivity contribution in [3.8, 4) is 0 Å². The molecule has 2 amide bonds. The summed E-state index contributed by atoms with van der Waals surface area (Å²) in [5.74, 6) is 0.229. The molecule has 1 N–H and O–H groups in total. The van der Waals surface area contributed by atoms with Crippen LogP contribution in [0, 0.1) is 13.8 Å². The summed E-state index contributed by atoms with van der Waals surface area (Å²) in [5.41, 5.74) is 2.96. The molecule has 0 radical (unpaired) electrons. The van der Waals surface area contributed by atoms with E-state index in [-0.39, 0.29) is 17.5 Å². The van der Waals surface area contributed by atoms with Crippen molar-refractivity contribution in [2.45, 2.75) is 26.8 Å². The number of benzene rings is 1. The number of hydrogen-bond donors (Lipinski definition) is 1. The van der Waals surface area contributed by atoms with Crippen LogP contribution in [0.5, 0.6) is 0 Å². The van der Waals surface area contributed by atoms with Crippen molar-refractivity contribution in [3.63, 3.8) is 0 Å². The van der Waals surface area contributed by atoms with Gasteiger partial charge in [-0.05, 0) is 26.0 Å². The standard InChI is InChI=1S/C19H18N4O3S/c1-11-3-5-13(6-4-11)18(25)23-8-7-14-16(10-23)27-19(20-14)21-17(24)15-9-12(2)26-22-15/h3-6,9H,7-8,10H2,1-2H3,(H,20,21,24). The number of nitrogens with one attached hydrogen (secondary N) is 1. The zero-order valence-electron chi connectivity index (χ0n) is 15.0. The smallest absolute Gasteiger partial charge is 0.279 e. The van der Waals surface area contributed by atoms with Crippen LogP contribution in [0.1, 0.15) is 42.7 Å². The molecule has 1 aliphatic heterocycles. The number of thiazole rings is 1. The predicted molar refractivity (Wildman–Crippen MR) is 101 cm³/mol. The van der Waals surface area contributed by atoms with Crippen LogP contribution in [-0.4, -0.2) is 33.4 Å². The van der Waals surface area contributed by atoms with Crippen LogP contribution < -0.4 is 5.32 Å². The Morgan fingerprint density at radius 1 is 1.22 bits per heavy atom. The molecule has 0 spiro atoms. The Kier molecular flexibility index (Phi) is 4.49. The Morgan fingerprint density at radius 2 is 2.00 bits per heavy atom. The molecule has 0 unspecified atom stereocenters. The minimum Gasteiger partial charge on any atom is -0.361 e. The van der Waals surface area contributed by atoms with Crippen molar-refractivity contribution in [1.82, 2.24) is 15.0 Å². The molecule has 0 aliphatic carbocycles. The van der Waals surface area contributed by atoms with E-state index in [1.54, 1.807) is 13.0 Å². The van der Waals surface area contributed by atoms with Gasteiger partial charge >= 0.3 is 0 Å². The number of anilines is 1. The van der Waals surface area contributed by atoms with Crippen LogP contribution in [0.2, 0.25) is 0 Å². The summed E-state index contributed by atoms with van der Waals surface area (Å²) >= 11 is 1.39. The van der Waals surface area contributed by atoms with Crippen molar-refractivity contribution in [3.05, 3.63) is 63.5 Å². The number of rotatable bonds is 3. The van der Waals surface area contributed by atoms with Crippen LogP contribution in [0.15, 0.2) is 34.9 Å². The molecule has 138 valence electrons. The van der Waals surface area contributed by atoms with Gasteiger partial charge in [0.25, 0.3) is 11.8 Å². The van der Waals surface area contributed by atoms with Crippen molar-refractivity contribution in [2.24, 2.45) is 0 Å². The molecule has 3 heterocycles. The van der Waals surface area contributed by atoms with Crippen LogP contribution in [-0.2, 0) is 13.0 Å². The van der Waals surface area contributed by atoms with Crippen LogP contribution in [0.3, 0.4) is 0 Å². The Morgan fingerprint density at radius 3 is 2.70 bits per heavy atom. The van der Waals surface area contributed by atoms with Gasteiger partial charge < -0.3 is 9.42 Å². The average Bonchev–Trinajstić information content (AvgIpc) is 3.26. The molecule has 1 aliphatic rings. The second-order valence-corrected chi connectivity index (χ2v) is 7.59. The highest BCUT2D eigenvalue weighted by Crippen LogP contribution is 2.29.